The molecule has 1 unspecified atom stereocenters. The molecule has 0 saturated carbocycles. The maximum absolute atomic E-state index is 14.6. The van der Waals surface area contributed by atoms with Crippen molar-refractivity contribution in [2.45, 2.75) is 216 Å². The van der Waals surface area contributed by atoms with Crippen LogP contribution in [0.4, 0.5) is 13.2 Å². The van der Waals surface area contributed by atoms with Gasteiger partial charge in [-0.3, -0.25) is 14.4 Å². The van der Waals surface area contributed by atoms with Crippen molar-refractivity contribution >= 4 is 27.9 Å². The Hall–Kier alpha value is -4.64. The molecule has 0 radical (unpaired) electrons. The third kappa shape index (κ3) is 15.9. The maximum atomic E-state index is 14.6. The van der Waals surface area contributed by atoms with Gasteiger partial charge in [0.15, 0.2) is 24.4 Å². The highest BCUT2D eigenvalue weighted by Crippen LogP contribution is 2.41. The highest BCUT2D eigenvalue weighted by atomic mass is 32.2. The van der Waals surface area contributed by atoms with Crippen molar-refractivity contribution in [2.24, 2.45) is 17.8 Å². The number of amides is 1. The molecule has 5 N–H and O–H groups in total. The smallest absolute Gasteiger partial charge is 0.435 e. The van der Waals surface area contributed by atoms with Gasteiger partial charge in [0.2, 0.25) is 5.91 Å². The molecule has 6 rings (SSSR count). The van der Waals surface area contributed by atoms with E-state index in [1.165, 1.54) is 26.2 Å². The van der Waals surface area contributed by atoms with Crippen LogP contribution in [0.1, 0.15) is 119 Å². The maximum Gasteiger partial charge on any atom is 0.435 e. The molecule has 84 heavy (non-hydrogen) atoms. The number of aliphatic hydroxyl groups excluding tert-OH is 2. The number of carbonyl (C=O) groups is 3. The summed E-state index contributed by atoms with van der Waals surface area (Å²) >= 11 is 0. The number of esters is 2. The van der Waals surface area contributed by atoms with Crippen LogP contribution >= 0.6 is 0 Å². The summed E-state index contributed by atoms with van der Waals surface area (Å²) in [6.45, 7) is 18.9. The molecule has 3 fully saturated rings. The lowest BCUT2D eigenvalue weighted by Crippen LogP contribution is -2.61. The fourth-order valence-corrected chi connectivity index (χ4v) is 13.0. The molecular weight excluding hydrogens is 1120 g/mol. The van der Waals surface area contributed by atoms with Crippen LogP contribution in [0.15, 0.2) is 59.5 Å². The normalized spacial score (nSPS) is 35.4. The van der Waals surface area contributed by atoms with E-state index in [2.05, 4.69) is 5.10 Å². The van der Waals surface area contributed by atoms with Gasteiger partial charge in [-0.05, 0) is 132 Å². The Kier molecular flexibility index (Phi) is 22.2. The van der Waals surface area contributed by atoms with E-state index in [1.54, 1.807) is 106 Å². The zero-order chi connectivity index (χ0) is 62.8. The van der Waals surface area contributed by atoms with E-state index in [1.807, 2.05) is 23.5 Å². The van der Waals surface area contributed by atoms with Gasteiger partial charge in [0.1, 0.15) is 23.9 Å². The van der Waals surface area contributed by atoms with Crippen LogP contribution < -0.4 is 4.72 Å². The molecule has 18 atom stereocenters. The van der Waals surface area contributed by atoms with Crippen molar-refractivity contribution in [2.75, 3.05) is 34.8 Å². The third-order valence-corrected chi connectivity index (χ3v) is 18.4. The minimum atomic E-state index is -4.77. The third-order valence-electron chi connectivity index (χ3n) is 17.0. The molecule has 4 heterocycles. The standard InChI is InChI=1S/C59H88F3N5O16S/c1-16-45-58(11,74)51(70)37(7)66(14)31-33(3)29-56(9,73)53(35(5)49(36(6)54(72)80-45)82-48-30-57(10,77-15)52(71)38(8)79-48)83-55-50(43(65(12)13)27-34(4)78-55)81-47(69)26-25-46(68)64-84(75,76)41-23-21-40(22-24-41)67-42(28-44(63-67)59(60,61)62)39-19-17-32(2)18-20-39/h17-24,28,33-38,43,45,48-53,55,70-71,73-74H,16,25-27,29-31H2,1-15H3,(H,64,68)/t33-,34-,35+,36-,37-,38+,43?,45-,48+,49+,50-,51-,52+,53-,55+,56-,57-,58-/m1/s1. The van der Waals surface area contributed by atoms with Crippen LogP contribution in [0, 0.1) is 24.7 Å². The summed E-state index contributed by atoms with van der Waals surface area (Å²) in [4.78, 5) is 45.2. The number of cyclic esters (lactones) is 1. The number of rotatable bonds is 15. The molecule has 0 aliphatic carbocycles. The first-order valence-electron chi connectivity index (χ1n) is 28.6. The second kappa shape index (κ2) is 27.2. The molecule has 2 aromatic carbocycles. The van der Waals surface area contributed by atoms with Gasteiger partial charge in [0.25, 0.3) is 10.0 Å². The number of aromatic nitrogens is 2. The van der Waals surface area contributed by atoms with Crippen molar-refractivity contribution in [1.29, 1.82) is 0 Å². The fourth-order valence-electron chi connectivity index (χ4n) is 11.9. The van der Waals surface area contributed by atoms with E-state index < -0.39 is 160 Å². The number of ether oxygens (including phenoxy) is 7. The monoisotopic (exact) mass is 1210 g/mol. The number of methoxy groups -OCH3 is 1. The molecule has 472 valence electrons. The van der Waals surface area contributed by atoms with Gasteiger partial charge in [-0.25, -0.2) is 17.8 Å². The quantitative estimate of drug-likeness (QED) is 0.111. The van der Waals surface area contributed by atoms with Gasteiger partial charge in [-0.15, -0.1) is 0 Å². The van der Waals surface area contributed by atoms with E-state index in [0.717, 1.165) is 28.4 Å². The zero-order valence-corrected chi connectivity index (χ0v) is 51.6. The largest absolute Gasteiger partial charge is 0.459 e. The van der Waals surface area contributed by atoms with E-state index >= 15 is 0 Å². The molecule has 3 aromatic rings. The van der Waals surface area contributed by atoms with Gasteiger partial charge < -0.3 is 63.4 Å². The Bertz CT molecular complexity index is 2820. The summed E-state index contributed by atoms with van der Waals surface area (Å²) in [5.41, 5.74) is -4.53. The second-order valence-electron chi connectivity index (χ2n) is 24.3. The molecule has 0 spiro atoms. The number of alkyl halides is 3. The highest BCUT2D eigenvalue weighted by Gasteiger charge is 2.53. The van der Waals surface area contributed by atoms with E-state index in [4.69, 9.17) is 33.2 Å². The molecule has 3 saturated heterocycles. The fraction of sp³-hybridized carbons (Fsp3) is 0.695. The van der Waals surface area contributed by atoms with Crippen molar-refractivity contribution in [3.05, 3.63) is 65.9 Å². The lowest BCUT2D eigenvalue weighted by Gasteiger charge is -2.49. The first kappa shape index (κ1) is 68.5. The van der Waals surface area contributed by atoms with Gasteiger partial charge >= 0.3 is 18.1 Å². The topological polar surface area (TPSA) is 267 Å². The number of nitrogens with one attached hydrogen (secondary N) is 1. The number of likely N-dealkylation sites (N-methyl/N-ethyl adjacent to an activating group) is 2. The average Bonchev–Trinajstić information content (AvgIpc) is 4.10. The van der Waals surface area contributed by atoms with Gasteiger partial charge in [0, 0.05) is 44.0 Å². The zero-order valence-electron chi connectivity index (χ0n) is 50.8. The first-order valence-corrected chi connectivity index (χ1v) is 30.1. The number of halogens is 3. The Morgan fingerprint density at radius 2 is 1.54 bits per heavy atom. The van der Waals surface area contributed by atoms with Crippen LogP contribution in [0.5, 0.6) is 0 Å². The minimum absolute atomic E-state index is 0.00494. The average molecular weight is 1210 g/mol. The second-order valence-corrected chi connectivity index (χ2v) is 26.0. The molecular formula is C59H88F3N5O16S. The summed E-state index contributed by atoms with van der Waals surface area (Å²) in [6, 6.07) is 11.1. The Morgan fingerprint density at radius 1 is 0.905 bits per heavy atom. The van der Waals surface area contributed by atoms with E-state index in [-0.39, 0.29) is 36.6 Å². The SMILES string of the molecule is CC[C@H]1OC(=O)[C@H](C)[C@@H](O[C@H]2C[C@@](C)(OC)[C@@H](O)[C@H](C)O2)[C@H](C)[C@@H](O[C@@H]2O[C@H](C)CC(N(C)C)[C@H]2OC(=O)CCC(=O)NS(=O)(=O)c2ccc(-n3nc(C(F)(F)F)cc3-c3ccc(C)cc3)cc2)[C@](C)(O)C[C@@H](C)CN(C)[C@H](C)[C@@H](O)[C@]1(C)O. The van der Waals surface area contributed by atoms with Crippen LogP contribution in [-0.2, 0) is 63.7 Å². The molecule has 21 nitrogen and oxygen atoms in total. The number of hydrogen-bond donors (Lipinski definition) is 5. The number of aryl methyl sites for hydroxylation is 1. The number of benzene rings is 2. The van der Waals surface area contributed by atoms with Gasteiger partial charge in [-0.1, -0.05) is 50.6 Å². The number of nitrogens with zero attached hydrogens (tertiary/aromatic N) is 4. The summed E-state index contributed by atoms with van der Waals surface area (Å²) < 4.78 is 116. The number of sulfonamides is 1. The highest BCUT2D eigenvalue weighted by molar-refractivity contribution is 7.90. The molecule has 1 aromatic heterocycles. The van der Waals surface area contributed by atoms with Crippen molar-refractivity contribution in [3.8, 4) is 16.9 Å². The van der Waals surface area contributed by atoms with Crippen LogP contribution in [0.3, 0.4) is 0 Å². The summed E-state index contributed by atoms with van der Waals surface area (Å²) in [5, 5.41) is 51.5. The lowest BCUT2D eigenvalue weighted by molar-refractivity contribution is -0.319. The predicted molar refractivity (Wildman–Crippen MR) is 301 cm³/mol. The van der Waals surface area contributed by atoms with Gasteiger partial charge in [-0.2, -0.15) is 18.3 Å². The van der Waals surface area contributed by atoms with Crippen LogP contribution in [-0.4, -0.2) is 191 Å². The molecule has 1 amide bonds. The Morgan fingerprint density at radius 3 is 2.12 bits per heavy atom. The van der Waals surface area contributed by atoms with Crippen molar-refractivity contribution in [1.82, 2.24) is 24.3 Å². The first-order chi connectivity index (χ1) is 38.9. The lowest BCUT2D eigenvalue weighted by atomic mass is 9.77. The van der Waals surface area contributed by atoms with Gasteiger partial charge in [0.05, 0.1) is 70.3 Å². The molecule has 3 aliphatic heterocycles. The minimum Gasteiger partial charge on any atom is -0.459 e. The molecule has 0 bridgehead atoms. The van der Waals surface area contributed by atoms with Crippen molar-refractivity contribution < 1.29 is 89.6 Å². The Balaban J connectivity index is 1.27. The molecule has 25 heteroatoms. The molecule has 3 aliphatic rings. The number of hydrogen-bond acceptors (Lipinski definition) is 19. The summed E-state index contributed by atoms with van der Waals surface area (Å²) in [6.07, 6.45) is -16.8. The van der Waals surface area contributed by atoms with Crippen LogP contribution in [0.25, 0.3) is 16.9 Å². The van der Waals surface area contributed by atoms with Crippen molar-refractivity contribution in [3.63, 3.8) is 0 Å². The number of carbonyl (C=O) groups excluding carboxylic acids is 3. The van der Waals surface area contributed by atoms with Crippen LogP contribution in [0.2, 0.25) is 0 Å². The summed E-state index contributed by atoms with van der Waals surface area (Å²) in [5.74, 6) is -5.31. The summed E-state index contributed by atoms with van der Waals surface area (Å²) in [7, 11) is 2.16. The Labute approximate surface area is 491 Å². The predicted octanol–water partition coefficient (Wildman–Crippen LogP) is 5.92. The number of aliphatic hydroxyl groups is 4. The van der Waals surface area contributed by atoms with E-state index in [0.29, 0.717) is 18.5 Å². The van der Waals surface area contributed by atoms with E-state index in [9.17, 15) is 56.4 Å².